The number of rotatable bonds is 17. The van der Waals surface area contributed by atoms with Crippen molar-refractivity contribution in [3.63, 3.8) is 0 Å². The number of alkyl halides is 12. The molecule has 6 heterocycles. The second-order valence-electron chi connectivity index (χ2n) is 20.6. The number of aromatic carboxylic acids is 1. The Morgan fingerprint density at radius 2 is 0.743 bits per heavy atom. The smallest absolute Gasteiger partial charge is 0.416 e. The van der Waals surface area contributed by atoms with Crippen LogP contribution in [0.1, 0.15) is 96.3 Å². The molecule has 0 unspecified atom stereocenters. The van der Waals surface area contributed by atoms with Crippen LogP contribution < -0.4 is 26.0 Å². The highest BCUT2D eigenvalue weighted by molar-refractivity contribution is 8.13. The summed E-state index contributed by atoms with van der Waals surface area (Å²) in [5.41, 5.74) is 0.170. The molecule has 0 aliphatic carbocycles. The van der Waals surface area contributed by atoms with Gasteiger partial charge in [-0.05, 0) is 131 Å². The summed E-state index contributed by atoms with van der Waals surface area (Å²) < 4.78 is 199. The number of aromatic amines is 1. The molecule has 40 heteroatoms. The van der Waals surface area contributed by atoms with Crippen molar-refractivity contribution >= 4 is 111 Å². The van der Waals surface area contributed by atoms with Crippen molar-refractivity contribution in [2.24, 2.45) is 0 Å². The number of thiazole rings is 1. The molecule has 4 aromatic carbocycles. The number of aromatic nitrogens is 6. The monoisotopic (exact) mass is 1600 g/mol. The highest BCUT2D eigenvalue weighted by atomic mass is 35.7. The standard InChI is InChI=1S/C17H13F3N4O3S2.C14H10ClF3N2O3S.C14H10ClF3N2O.C14H11F3N2OS.C6H4ClNO2/c18-17(19,20)13-4-1-11(2-5-13)9-23-15(25)12-3-6-14(22-10-12)29(26,27)24-16-21-7-8-28-16;15-24(22,23)12-6-3-10(8-19-12)13(21)20-7-9-1-4-11(5-2-9)14(16,17)18;15-12-6-3-10(8-19-12)13(21)20-7-9-1-4-11(5-2-9)14(16,17)18;15-14(16,17)11-4-1-9(2-5-11)7-19-13(20)10-3-6-12(21)18-8-10;7-5-2-1-4(3-8-5)6(9)10/h1-8,10H,9H2,(H,21,24)(H,23,25);1-6,8H,7H2,(H,20,21);1-6,8H,7H2,(H,20,21);1-6,8H,7H2,(H,18,21)(H,19,20);1-3H,(H,9,10). The molecule has 10 rings (SSSR count). The first-order valence-corrected chi connectivity index (χ1v) is 34.7. The van der Waals surface area contributed by atoms with Crippen molar-refractivity contribution in [3.05, 3.63) is 288 Å². The molecule has 7 N–H and O–H groups in total. The van der Waals surface area contributed by atoms with Gasteiger partial charge in [0.25, 0.3) is 42.7 Å². The van der Waals surface area contributed by atoms with Crippen LogP contribution in [0.3, 0.4) is 0 Å². The Balaban J connectivity index is 0.000000211. The quantitative estimate of drug-likeness (QED) is 0.0193. The number of hydrogen-bond acceptors (Lipinski definition) is 16. The number of carbonyl (C=O) groups excluding carboxylic acids is 4. The lowest BCUT2D eigenvalue weighted by molar-refractivity contribution is -0.138. The topological polar surface area (TPSA) is 314 Å². The minimum Gasteiger partial charge on any atom is -0.478 e. The van der Waals surface area contributed by atoms with Crippen LogP contribution >= 0.6 is 57.4 Å². The number of nitrogens with zero attached hydrogens (tertiary/aromatic N) is 5. The van der Waals surface area contributed by atoms with Gasteiger partial charge in [0, 0.05) is 79.4 Å². The lowest BCUT2D eigenvalue weighted by atomic mass is 10.1. The van der Waals surface area contributed by atoms with Crippen LogP contribution in [0.25, 0.3) is 0 Å². The second-order valence-corrected chi connectivity index (χ2v) is 26.9. The summed E-state index contributed by atoms with van der Waals surface area (Å²) in [4.78, 5) is 79.1. The van der Waals surface area contributed by atoms with Crippen LogP contribution in [-0.2, 0) is 70.0 Å². The predicted molar refractivity (Wildman–Crippen MR) is 362 cm³/mol. The number of nitrogens with one attached hydrogen (secondary N) is 6. The van der Waals surface area contributed by atoms with Gasteiger partial charge >= 0.3 is 30.7 Å². The maximum Gasteiger partial charge on any atom is 0.416 e. The van der Waals surface area contributed by atoms with Crippen molar-refractivity contribution in [1.82, 2.24) is 51.2 Å². The van der Waals surface area contributed by atoms with Crippen LogP contribution in [0, 0.1) is 4.64 Å². The molecule has 6 aromatic heterocycles. The number of carboxylic acids is 1. The van der Waals surface area contributed by atoms with Crippen molar-refractivity contribution < 1.29 is 98.6 Å². The number of pyridine rings is 5. The van der Waals surface area contributed by atoms with E-state index in [1.54, 1.807) is 17.5 Å². The maximum absolute atomic E-state index is 12.6. The number of sulfonamides is 1. The fourth-order valence-electron chi connectivity index (χ4n) is 7.72. The summed E-state index contributed by atoms with van der Waals surface area (Å²) in [6.07, 6.45) is -9.97. The number of anilines is 1. The molecule has 105 heavy (non-hydrogen) atoms. The van der Waals surface area contributed by atoms with E-state index in [2.05, 4.69) is 55.9 Å². The van der Waals surface area contributed by atoms with Crippen LogP contribution in [0.4, 0.5) is 57.8 Å². The Bertz CT molecular complexity index is 4850. The van der Waals surface area contributed by atoms with E-state index in [9.17, 15) is 93.5 Å². The number of halogens is 15. The van der Waals surface area contributed by atoms with E-state index in [1.807, 2.05) is 0 Å². The fraction of sp³-hybridized carbons (Fsp3) is 0.123. The number of carboxylic acid groups (broad SMARTS) is 1. The SMILES string of the molecule is O=C(NCc1ccc(C(F)(F)F)cc1)c1ccc(=S)[nH]c1.O=C(NCc1ccc(C(F)(F)F)cc1)c1ccc(Cl)nc1.O=C(NCc1ccc(C(F)(F)F)cc1)c1ccc(S(=O)(=O)Cl)nc1.O=C(NCc1ccc(C(F)(F)F)cc1)c1ccc(S(=O)(=O)Nc2nccs2)nc1.O=C(O)c1ccc(Cl)nc1. The van der Waals surface area contributed by atoms with E-state index >= 15 is 0 Å². The van der Waals surface area contributed by atoms with Crippen LogP contribution in [0.5, 0.6) is 0 Å². The van der Waals surface area contributed by atoms with Crippen LogP contribution in [-0.4, -0.2) is 81.4 Å². The number of carbonyl (C=O) groups is 5. The Morgan fingerprint density at radius 1 is 0.429 bits per heavy atom. The Labute approximate surface area is 610 Å². The zero-order valence-electron chi connectivity index (χ0n) is 52.5. The molecule has 0 saturated carbocycles. The Hall–Kier alpha value is -10.4. The van der Waals surface area contributed by atoms with Gasteiger partial charge in [0.1, 0.15) is 14.9 Å². The van der Waals surface area contributed by atoms with E-state index in [1.165, 1.54) is 116 Å². The molecular weight excluding hydrogens is 1560 g/mol. The van der Waals surface area contributed by atoms with E-state index in [4.69, 9.17) is 51.2 Å². The summed E-state index contributed by atoms with van der Waals surface area (Å²) in [5, 5.41) is 20.3. The second kappa shape index (κ2) is 37.3. The van der Waals surface area contributed by atoms with Crippen molar-refractivity contribution in [2.45, 2.75) is 60.9 Å². The van der Waals surface area contributed by atoms with E-state index in [-0.39, 0.29) is 75.0 Å². The molecule has 21 nitrogen and oxygen atoms in total. The van der Waals surface area contributed by atoms with Crippen molar-refractivity contribution in [3.8, 4) is 0 Å². The molecule has 0 bridgehead atoms. The lowest BCUT2D eigenvalue weighted by Gasteiger charge is -2.09. The third kappa shape index (κ3) is 27.9. The zero-order chi connectivity index (χ0) is 77.5. The van der Waals surface area contributed by atoms with Gasteiger partial charge in [-0.3, -0.25) is 23.9 Å². The first-order chi connectivity index (χ1) is 49.1. The van der Waals surface area contributed by atoms with Crippen LogP contribution in [0.15, 0.2) is 210 Å². The summed E-state index contributed by atoms with van der Waals surface area (Å²) in [7, 11) is -2.81. The lowest BCUT2D eigenvalue weighted by Crippen LogP contribution is -2.23. The molecule has 552 valence electrons. The Kier molecular flexibility index (Phi) is 29.7. The number of benzene rings is 4. The predicted octanol–water partition coefficient (Wildman–Crippen LogP) is 15.1. The molecule has 0 aliphatic rings. The van der Waals surface area contributed by atoms with Gasteiger partial charge < -0.3 is 31.4 Å². The first-order valence-electron chi connectivity index (χ1n) is 28.9. The molecule has 10 aromatic rings. The molecule has 0 radical (unpaired) electrons. The zero-order valence-corrected chi connectivity index (χ0v) is 58.1. The van der Waals surface area contributed by atoms with E-state index < -0.39 is 83.8 Å². The summed E-state index contributed by atoms with van der Waals surface area (Å²) in [6.45, 7) is 0.279. The average Bonchev–Trinajstić information content (AvgIpc) is 1.50. The van der Waals surface area contributed by atoms with Gasteiger partial charge in [0.15, 0.2) is 15.2 Å². The highest BCUT2D eigenvalue weighted by Gasteiger charge is 2.33. The van der Waals surface area contributed by atoms with Crippen LogP contribution in [0.2, 0.25) is 10.3 Å². The molecule has 0 saturated heterocycles. The number of amides is 4. The largest absolute Gasteiger partial charge is 0.478 e. The molecule has 0 fully saturated rings. The summed E-state index contributed by atoms with van der Waals surface area (Å²) in [5.74, 6) is -2.81. The molecular formula is C65H48Cl3F12N11O10S4. The first kappa shape index (κ1) is 83.5. The normalized spacial score (nSPS) is 11.4. The molecule has 0 spiro atoms. The van der Waals surface area contributed by atoms with E-state index in [0.717, 1.165) is 78.3 Å². The number of H-pyrrole nitrogens is 1. The molecule has 0 aliphatic heterocycles. The highest BCUT2D eigenvalue weighted by Crippen LogP contribution is 2.32. The summed E-state index contributed by atoms with van der Waals surface area (Å²) in [6, 6.07) is 31.7. The summed E-state index contributed by atoms with van der Waals surface area (Å²) >= 11 is 17.0. The molecule has 4 amide bonds. The average molecular weight is 1610 g/mol. The van der Waals surface area contributed by atoms with Crippen molar-refractivity contribution in [1.29, 1.82) is 0 Å². The van der Waals surface area contributed by atoms with Gasteiger partial charge in [0.2, 0.25) is 0 Å². The fourth-order valence-corrected chi connectivity index (χ4v) is 10.5. The third-order valence-corrected chi connectivity index (χ3v) is 17.1. The van der Waals surface area contributed by atoms with Gasteiger partial charge in [0.05, 0.1) is 50.1 Å². The maximum atomic E-state index is 12.6. The molecule has 0 atom stereocenters. The minimum absolute atomic E-state index is 0.00260. The van der Waals surface area contributed by atoms with Gasteiger partial charge in [-0.25, -0.2) is 38.1 Å². The van der Waals surface area contributed by atoms with Crippen molar-refractivity contribution in [2.75, 3.05) is 4.72 Å². The van der Waals surface area contributed by atoms with E-state index in [0.29, 0.717) is 43.2 Å². The van der Waals surface area contributed by atoms with Gasteiger partial charge in [-0.1, -0.05) is 84.0 Å². The third-order valence-electron chi connectivity index (χ3n) is 13.1. The minimum atomic E-state index is -4.43. The van der Waals surface area contributed by atoms with Gasteiger partial charge in [-0.15, -0.1) is 11.3 Å². The van der Waals surface area contributed by atoms with Gasteiger partial charge in [-0.2, -0.15) is 61.1 Å². The Morgan fingerprint density at radius 3 is 1.01 bits per heavy atom. The number of hydrogen-bond donors (Lipinski definition) is 7.